The third kappa shape index (κ3) is 21.7. The first-order valence-corrected chi connectivity index (χ1v) is 38.1. The lowest BCUT2D eigenvalue weighted by Gasteiger charge is -2.44. The molecule has 1 unspecified atom stereocenters. The van der Waals surface area contributed by atoms with E-state index < -0.39 is 74.1 Å². The topological polar surface area (TPSA) is 114 Å². The Morgan fingerprint density at radius 2 is 0.805 bits per heavy atom. The molecule has 0 aliphatic heterocycles. The van der Waals surface area contributed by atoms with Crippen LogP contribution in [0.25, 0.3) is 0 Å². The van der Waals surface area contributed by atoms with Crippen LogP contribution in [0.5, 0.6) is 0 Å². The van der Waals surface area contributed by atoms with Crippen molar-refractivity contribution in [1.82, 2.24) is 0 Å². The van der Waals surface area contributed by atoms with E-state index in [-0.39, 0.29) is 13.2 Å². The molecular formula is C23H64O10Si8. The summed E-state index contributed by atoms with van der Waals surface area (Å²) in [5.41, 5.74) is 0. The molecule has 0 amide bonds. The highest BCUT2D eigenvalue weighted by Gasteiger charge is 2.49. The molecule has 41 heavy (non-hydrogen) atoms. The summed E-state index contributed by atoms with van der Waals surface area (Å²) < 4.78 is 51.8. The Kier molecular flexibility index (Phi) is 16.3. The molecule has 0 rings (SSSR count). The van der Waals surface area contributed by atoms with E-state index in [2.05, 4.69) is 111 Å². The Bertz CT molecular complexity index is 789. The highest BCUT2D eigenvalue weighted by Crippen LogP contribution is 2.29. The van der Waals surface area contributed by atoms with Gasteiger partial charge in [0.1, 0.15) is 6.10 Å². The Hall–Kier alpha value is 1.34. The highest BCUT2D eigenvalue weighted by molar-refractivity contribution is 6.92. The van der Waals surface area contributed by atoms with Gasteiger partial charge in [0.25, 0.3) is 0 Å². The molecule has 0 radical (unpaired) electrons. The van der Waals surface area contributed by atoms with Gasteiger partial charge in [0, 0.05) is 6.61 Å². The molecular weight excluding hydrogens is 661 g/mol. The third-order valence-electron chi connectivity index (χ3n) is 5.12. The van der Waals surface area contributed by atoms with Crippen molar-refractivity contribution in [1.29, 1.82) is 0 Å². The predicted octanol–water partition coefficient (Wildman–Crippen LogP) is 6.11. The fraction of sp³-hybridized carbons (Fsp3) is 1.00. The van der Waals surface area contributed by atoms with Crippen LogP contribution in [-0.2, 0) is 33.5 Å². The van der Waals surface area contributed by atoms with Crippen molar-refractivity contribution in [3.8, 4) is 0 Å². The predicted molar refractivity (Wildman–Crippen MR) is 187 cm³/mol. The lowest BCUT2D eigenvalue weighted by molar-refractivity contribution is 0.00638. The zero-order chi connectivity index (χ0) is 32.8. The van der Waals surface area contributed by atoms with Crippen molar-refractivity contribution in [2.45, 2.75) is 130 Å². The lowest BCUT2D eigenvalue weighted by Crippen LogP contribution is -2.61. The summed E-state index contributed by atoms with van der Waals surface area (Å²) in [6, 6.07) is 0.912. The molecule has 0 spiro atoms. The summed E-state index contributed by atoms with van der Waals surface area (Å²) in [6.07, 6.45) is 0.00473. The molecule has 0 saturated carbocycles. The lowest BCUT2D eigenvalue weighted by atomic mass is 10.4. The van der Waals surface area contributed by atoms with Crippen LogP contribution in [0.4, 0.5) is 0 Å². The summed E-state index contributed by atoms with van der Waals surface area (Å²) in [7, 11) is -18.9. The van der Waals surface area contributed by atoms with E-state index in [1.165, 1.54) is 0 Å². The third-order valence-corrected chi connectivity index (χ3v) is 34.9. The van der Waals surface area contributed by atoms with E-state index in [1.54, 1.807) is 0 Å². The normalized spacial score (nSPS) is 15.9. The first kappa shape index (κ1) is 42.3. The molecule has 248 valence electrons. The molecule has 2 N–H and O–H groups in total. The summed E-state index contributed by atoms with van der Waals surface area (Å²) >= 11 is 0. The number of aliphatic hydroxyl groups is 2. The van der Waals surface area contributed by atoms with Gasteiger partial charge in [-0.2, -0.15) is 0 Å². The molecule has 0 aromatic carbocycles. The maximum absolute atomic E-state index is 9.42. The smallest absolute Gasteiger partial charge is 0.314 e. The van der Waals surface area contributed by atoms with Gasteiger partial charge in [-0.3, -0.25) is 0 Å². The highest BCUT2D eigenvalue weighted by atomic mass is 28.5. The number of ether oxygens (including phenoxy) is 1. The van der Waals surface area contributed by atoms with Gasteiger partial charge in [0.05, 0.1) is 13.2 Å². The van der Waals surface area contributed by atoms with E-state index >= 15 is 0 Å². The Labute approximate surface area is 260 Å². The summed E-state index contributed by atoms with van der Waals surface area (Å²) in [5.74, 6) is 0. The minimum atomic E-state index is -2.62. The first-order valence-electron chi connectivity index (χ1n) is 14.7. The second kappa shape index (κ2) is 15.8. The van der Waals surface area contributed by atoms with E-state index in [1.807, 2.05) is 0 Å². The fourth-order valence-corrected chi connectivity index (χ4v) is 45.0. The standard InChI is InChI=1S/C23H64O10Si8/c1-34(2,3)27-36(6,7)29-38(10,11)31-40(14,15)33-41(16,17)32-39(12,13)30-37(8,9)28-35(4,5)20-18-19-26-22-23(25)21-24/h23-25H,18-22H2,1-17H3. The fourth-order valence-electron chi connectivity index (χ4n) is 5.41. The maximum Gasteiger partial charge on any atom is 0.314 e. The van der Waals surface area contributed by atoms with Crippen molar-refractivity contribution in [3.63, 3.8) is 0 Å². The van der Waals surface area contributed by atoms with Gasteiger partial charge >= 0.3 is 51.4 Å². The monoisotopic (exact) mass is 724 g/mol. The average Bonchev–Trinajstić information content (AvgIpc) is 2.58. The minimum Gasteiger partial charge on any atom is -0.437 e. The van der Waals surface area contributed by atoms with Crippen molar-refractivity contribution >= 4 is 68.0 Å². The molecule has 10 nitrogen and oxygen atoms in total. The Balaban J connectivity index is 5.14. The molecule has 0 aromatic heterocycles. The summed E-state index contributed by atoms with van der Waals surface area (Å²) in [4.78, 5) is 0. The average molecular weight is 725 g/mol. The van der Waals surface area contributed by atoms with Crippen molar-refractivity contribution in [2.24, 2.45) is 0 Å². The van der Waals surface area contributed by atoms with Crippen LogP contribution in [0.15, 0.2) is 0 Å². The van der Waals surface area contributed by atoms with Crippen LogP contribution in [0.3, 0.4) is 0 Å². The number of hydrogen-bond donors (Lipinski definition) is 2. The van der Waals surface area contributed by atoms with Crippen LogP contribution in [0.2, 0.25) is 117 Å². The van der Waals surface area contributed by atoms with E-state index in [4.69, 9.17) is 38.6 Å². The second-order valence-electron chi connectivity index (χ2n) is 15.0. The summed E-state index contributed by atoms with van der Waals surface area (Å²) in [5, 5.41) is 18.3. The van der Waals surface area contributed by atoms with E-state index in [0.29, 0.717) is 6.61 Å². The molecule has 18 heteroatoms. The molecule has 0 bridgehead atoms. The number of aliphatic hydroxyl groups excluding tert-OH is 2. The molecule has 0 aliphatic rings. The zero-order valence-electron chi connectivity index (χ0n) is 29.3. The second-order valence-corrected chi connectivity index (χ2v) is 45.8. The van der Waals surface area contributed by atoms with E-state index in [9.17, 15) is 5.11 Å². The van der Waals surface area contributed by atoms with E-state index in [0.717, 1.165) is 12.5 Å². The Morgan fingerprint density at radius 1 is 0.488 bits per heavy atom. The molecule has 0 aromatic rings. The first-order chi connectivity index (χ1) is 17.9. The van der Waals surface area contributed by atoms with Gasteiger partial charge in [0.2, 0.25) is 0 Å². The molecule has 0 saturated heterocycles. The van der Waals surface area contributed by atoms with Crippen LogP contribution >= 0.6 is 0 Å². The molecule has 0 heterocycles. The van der Waals surface area contributed by atoms with Gasteiger partial charge < -0.3 is 43.8 Å². The maximum atomic E-state index is 9.42. The zero-order valence-corrected chi connectivity index (χ0v) is 37.3. The van der Waals surface area contributed by atoms with Gasteiger partial charge in [-0.15, -0.1) is 0 Å². The molecule has 0 fully saturated rings. The van der Waals surface area contributed by atoms with Crippen molar-refractivity contribution in [3.05, 3.63) is 0 Å². The Morgan fingerprint density at radius 3 is 1.12 bits per heavy atom. The van der Waals surface area contributed by atoms with Crippen LogP contribution in [0.1, 0.15) is 6.42 Å². The largest absolute Gasteiger partial charge is 0.437 e. The molecule has 1 atom stereocenters. The van der Waals surface area contributed by atoms with Gasteiger partial charge in [-0.25, -0.2) is 0 Å². The van der Waals surface area contributed by atoms with Crippen molar-refractivity contribution < 1.29 is 43.8 Å². The number of rotatable bonds is 21. The quantitative estimate of drug-likeness (QED) is 0.106. The number of hydrogen-bond acceptors (Lipinski definition) is 10. The van der Waals surface area contributed by atoms with Gasteiger partial charge in [0.15, 0.2) is 16.6 Å². The SMILES string of the molecule is C[Si](C)(C)O[Si](C)(C)O[Si](C)(C)O[Si](C)(C)O[Si](C)(C)O[Si](C)(C)O[Si](C)(C)O[Si](C)(C)CCCOCC(O)CO. The van der Waals surface area contributed by atoms with Crippen LogP contribution in [-0.4, -0.2) is 104 Å². The van der Waals surface area contributed by atoms with Gasteiger partial charge in [-0.1, -0.05) is 0 Å². The minimum absolute atomic E-state index is 0.145. The van der Waals surface area contributed by atoms with Crippen molar-refractivity contribution in [2.75, 3.05) is 19.8 Å². The van der Waals surface area contributed by atoms with Crippen LogP contribution < -0.4 is 0 Å². The molecule has 0 aliphatic carbocycles. The van der Waals surface area contributed by atoms with Crippen LogP contribution in [0, 0.1) is 0 Å². The summed E-state index contributed by atoms with van der Waals surface area (Å²) in [6.45, 7) is 36.2. The van der Waals surface area contributed by atoms with Gasteiger partial charge in [-0.05, 0) is 124 Å².